The molecule has 3 amide bonds. The SMILES string of the molecule is NC(=O)NC(=O)COC1CNc2ccccc2C1. The summed E-state index contributed by atoms with van der Waals surface area (Å²) in [5.41, 5.74) is 7.08. The van der Waals surface area contributed by atoms with Gasteiger partial charge in [-0.25, -0.2) is 4.79 Å². The summed E-state index contributed by atoms with van der Waals surface area (Å²) >= 11 is 0. The van der Waals surface area contributed by atoms with E-state index in [9.17, 15) is 9.59 Å². The first-order valence-electron chi connectivity index (χ1n) is 5.68. The molecule has 6 heteroatoms. The summed E-state index contributed by atoms with van der Waals surface area (Å²) in [5.74, 6) is -0.527. The first-order valence-corrected chi connectivity index (χ1v) is 5.68. The lowest BCUT2D eigenvalue weighted by Crippen LogP contribution is -2.39. The highest BCUT2D eigenvalue weighted by atomic mass is 16.5. The molecule has 1 heterocycles. The molecule has 0 fully saturated rings. The number of para-hydroxylation sites is 1. The molecular weight excluding hydrogens is 234 g/mol. The molecule has 1 aromatic rings. The first-order chi connectivity index (χ1) is 8.65. The number of hydrogen-bond donors (Lipinski definition) is 3. The van der Waals surface area contributed by atoms with Gasteiger partial charge in [0.1, 0.15) is 6.61 Å². The molecule has 6 nitrogen and oxygen atoms in total. The number of amides is 3. The summed E-state index contributed by atoms with van der Waals surface area (Å²) < 4.78 is 5.42. The number of nitrogens with one attached hydrogen (secondary N) is 2. The van der Waals surface area contributed by atoms with Gasteiger partial charge in [0, 0.05) is 18.7 Å². The fourth-order valence-electron chi connectivity index (χ4n) is 1.90. The van der Waals surface area contributed by atoms with Crippen LogP contribution >= 0.6 is 0 Å². The normalized spacial score (nSPS) is 17.4. The molecule has 0 bridgehead atoms. The van der Waals surface area contributed by atoms with Gasteiger partial charge in [0.25, 0.3) is 5.91 Å². The van der Waals surface area contributed by atoms with Gasteiger partial charge in [-0.1, -0.05) is 18.2 Å². The Morgan fingerprint density at radius 3 is 3.00 bits per heavy atom. The van der Waals surface area contributed by atoms with Crippen LogP contribution in [0.25, 0.3) is 0 Å². The highest BCUT2D eigenvalue weighted by Gasteiger charge is 2.19. The molecule has 0 aliphatic carbocycles. The average Bonchev–Trinajstić information content (AvgIpc) is 2.35. The van der Waals surface area contributed by atoms with Gasteiger partial charge in [0.2, 0.25) is 0 Å². The van der Waals surface area contributed by atoms with E-state index in [-0.39, 0.29) is 12.7 Å². The largest absolute Gasteiger partial charge is 0.382 e. The zero-order valence-corrected chi connectivity index (χ0v) is 9.81. The van der Waals surface area contributed by atoms with E-state index < -0.39 is 11.9 Å². The lowest BCUT2D eigenvalue weighted by molar-refractivity contribution is -0.126. The van der Waals surface area contributed by atoms with E-state index in [1.807, 2.05) is 29.6 Å². The monoisotopic (exact) mass is 249 g/mol. The van der Waals surface area contributed by atoms with E-state index in [0.717, 1.165) is 17.7 Å². The molecule has 0 aromatic heterocycles. The molecule has 96 valence electrons. The number of rotatable bonds is 3. The van der Waals surface area contributed by atoms with E-state index >= 15 is 0 Å². The van der Waals surface area contributed by atoms with Gasteiger partial charge in [-0.05, 0) is 11.6 Å². The quantitative estimate of drug-likeness (QED) is 0.715. The molecule has 18 heavy (non-hydrogen) atoms. The maximum Gasteiger partial charge on any atom is 0.318 e. The van der Waals surface area contributed by atoms with Crippen molar-refractivity contribution >= 4 is 17.6 Å². The van der Waals surface area contributed by atoms with Crippen molar-refractivity contribution in [2.75, 3.05) is 18.5 Å². The highest BCUT2D eigenvalue weighted by Crippen LogP contribution is 2.22. The minimum absolute atomic E-state index is 0.0847. The second kappa shape index (κ2) is 5.50. The maximum atomic E-state index is 11.2. The summed E-state index contributed by atoms with van der Waals surface area (Å²) in [4.78, 5) is 21.6. The number of hydrogen-bond acceptors (Lipinski definition) is 4. The minimum atomic E-state index is -0.865. The average molecular weight is 249 g/mol. The predicted molar refractivity (Wildman–Crippen MR) is 66.1 cm³/mol. The summed E-state index contributed by atoms with van der Waals surface area (Å²) in [6, 6.07) is 7.08. The van der Waals surface area contributed by atoms with E-state index in [4.69, 9.17) is 10.5 Å². The molecule has 1 aliphatic rings. The van der Waals surface area contributed by atoms with Crippen molar-refractivity contribution in [1.82, 2.24) is 5.32 Å². The highest BCUT2D eigenvalue weighted by molar-refractivity contribution is 5.94. The Labute approximate surface area is 104 Å². The van der Waals surface area contributed by atoms with Crippen molar-refractivity contribution in [3.63, 3.8) is 0 Å². The van der Waals surface area contributed by atoms with Gasteiger partial charge in [0.05, 0.1) is 6.10 Å². The molecule has 1 atom stereocenters. The number of carbonyl (C=O) groups excluding carboxylic acids is 2. The van der Waals surface area contributed by atoms with Gasteiger partial charge >= 0.3 is 6.03 Å². The second-order valence-electron chi connectivity index (χ2n) is 4.09. The van der Waals surface area contributed by atoms with Crippen molar-refractivity contribution in [3.05, 3.63) is 29.8 Å². The number of anilines is 1. The summed E-state index contributed by atoms with van der Waals surface area (Å²) in [5, 5.41) is 5.18. The standard InChI is InChI=1S/C12H15N3O3/c13-12(17)15-11(16)7-18-9-5-8-3-1-2-4-10(8)14-6-9/h1-4,9,14H,5-7H2,(H3,13,15,16,17). The van der Waals surface area contributed by atoms with Gasteiger partial charge in [-0.15, -0.1) is 0 Å². The minimum Gasteiger partial charge on any atom is -0.382 e. The number of ether oxygens (including phenoxy) is 1. The molecule has 0 saturated heterocycles. The van der Waals surface area contributed by atoms with Crippen LogP contribution in [0.2, 0.25) is 0 Å². The number of carbonyl (C=O) groups is 2. The molecule has 0 saturated carbocycles. The van der Waals surface area contributed by atoms with Crippen molar-refractivity contribution in [3.8, 4) is 0 Å². The van der Waals surface area contributed by atoms with E-state index in [1.54, 1.807) is 0 Å². The van der Waals surface area contributed by atoms with E-state index in [0.29, 0.717) is 6.54 Å². The molecule has 0 radical (unpaired) electrons. The summed E-state index contributed by atoms with van der Waals surface area (Å²) in [7, 11) is 0. The van der Waals surface area contributed by atoms with Crippen LogP contribution < -0.4 is 16.4 Å². The number of primary amides is 1. The van der Waals surface area contributed by atoms with Crippen LogP contribution in [0, 0.1) is 0 Å². The third kappa shape index (κ3) is 3.21. The van der Waals surface area contributed by atoms with Crippen molar-refractivity contribution < 1.29 is 14.3 Å². The third-order valence-electron chi connectivity index (χ3n) is 2.70. The van der Waals surface area contributed by atoms with E-state index in [1.165, 1.54) is 0 Å². The van der Waals surface area contributed by atoms with Crippen LogP contribution in [0.15, 0.2) is 24.3 Å². The zero-order chi connectivity index (χ0) is 13.0. The van der Waals surface area contributed by atoms with Gasteiger partial charge in [0.15, 0.2) is 0 Å². The lowest BCUT2D eigenvalue weighted by Gasteiger charge is -2.25. The van der Waals surface area contributed by atoms with E-state index in [2.05, 4.69) is 5.32 Å². The Morgan fingerprint density at radius 2 is 2.22 bits per heavy atom. The Balaban J connectivity index is 1.83. The maximum absolute atomic E-state index is 11.2. The van der Waals surface area contributed by atoms with Crippen LogP contribution in [0.3, 0.4) is 0 Å². The Morgan fingerprint density at radius 1 is 1.44 bits per heavy atom. The number of benzene rings is 1. The summed E-state index contributed by atoms with van der Waals surface area (Å²) in [6.45, 7) is 0.471. The Bertz CT molecular complexity index is 462. The van der Waals surface area contributed by atoms with Crippen molar-refractivity contribution in [1.29, 1.82) is 0 Å². The number of imide groups is 1. The molecule has 1 aromatic carbocycles. The van der Waals surface area contributed by atoms with Crippen LogP contribution in [0.4, 0.5) is 10.5 Å². The predicted octanol–water partition coefficient (Wildman–Crippen LogP) is 0.235. The molecule has 0 spiro atoms. The fraction of sp³-hybridized carbons (Fsp3) is 0.333. The second-order valence-corrected chi connectivity index (χ2v) is 4.09. The van der Waals surface area contributed by atoms with Crippen LogP contribution in [0.5, 0.6) is 0 Å². The van der Waals surface area contributed by atoms with Gasteiger partial charge in [-0.3, -0.25) is 10.1 Å². The topological polar surface area (TPSA) is 93.5 Å². The Hall–Kier alpha value is -2.08. The zero-order valence-electron chi connectivity index (χ0n) is 9.81. The molecule has 1 unspecified atom stereocenters. The van der Waals surface area contributed by atoms with Crippen LogP contribution in [0.1, 0.15) is 5.56 Å². The molecule has 1 aliphatic heterocycles. The van der Waals surface area contributed by atoms with Crippen LogP contribution in [-0.2, 0) is 16.0 Å². The first kappa shape index (κ1) is 12.4. The van der Waals surface area contributed by atoms with Crippen molar-refractivity contribution in [2.45, 2.75) is 12.5 Å². The third-order valence-corrected chi connectivity index (χ3v) is 2.70. The number of nitrogens with two attached hydrogens (primary N) is 1. The van der Waals surface area contributed by atoms with Gasteiger partial charge < -0.3 is 15.8 Å². The molecule has 4 N–H and O–H groups in total. The number of urea groups is 1. The van der Waals surface area contributed by atoms with Crippen molar-refractivity contribution in [2.24, 2.45) is 5.73 Å². The lowest BCUT2D eigenvalue weighted by atomic mass is 10.0. The van der Waals surface area contributed by atoms with Crippen LogP contribution in [-0.4, -0.2) is 31.2 Å². The van der Waals surface area contributed by atoms with Gasteiger partial charge in [-0.2, -0.15) is 0 Å². The smallest absolute Gasteiger partial charge is 0.318 e. The molecular formula is C12H15N3O3. The summed E-state index contributed by atoms with van der Waals surface area (Å²) in [6.07, 6.45) is 0.658. The molecule has 2 rings (SSSR count). The number of fused-ring (bicyclic) bond motifs is 1. The fourth-order valence-corrected chi connectivity index (χ4v) is 1.90. The Kier molecular flexibility index (Phi) is 3.78.